The third-order valence-electron chi connectivity index (χ3n) is 1.65. The molecule has 2 atom stereocenters. The Morgan fingerprint density at radius 1 is 1.27 bits per heavy atom. The average molecular weight is 220 g/mol. The molecular weight excluding hydrogens is 204 g/mol. The molecule has 0 spiro atoms. The summed E-state index contributed by atoms with van der Waals surface area (Å²) in [6, 6.07) is -1.11. The molecule has 15 heavy (non-hydrogen) atoms. The molecule has 0 aliphatic rings. The Kier molecular flexibility index (Phi) is 7.74. The van der Waals surface area contributed by atoms with Crippen LogP contribution >= 0.6 is 0 Å². The zero-order valence-electron chi connectivity index (χ0n) is 8.22. The molecule has 0 radical (unpaired) electrons. The lowest BCUT2D eigenvalue weighted by Crippen LogP contribution is -2.53. The highest BCUT2D eigenvalue weighted by molar-refractivity contribution is 5.85. The fourth-order valence-corrected chi connectivity index (χ4v) is 0.956. The summed E-state index contributed by atoms with van der Waals surface area (Å²) < 4.78 is 0. The number of amides is 1. The van der Waals surface area contributed by atoms with Gasteiger partial charge in [-0.15, -0.1) is 0 Å². The highest BCUT2D eigenvalue weighted by Crippen LogP contribution is 1.91. The van der Waals surface area contributed by atoms with Crippen LogP contribution in [-0.2, 0) is 9.59 Å². The molecule has 0 fully saturated rings. The van der Waals surface area contributed by atoms with Crippen LogP contribution in [0.5, 0.6) is 0 Å². The smallest absolute Gasteiger partial charge is 0.240 e. The zero-order chi connectivity index (χ0) is 11.7. The summed E-state index contributed by atoms with van der Waals surface area (Å²) in [6.45, 7) is -0.311. The molecule has 1 amide bonds. The Bertz CT molecular complexity index is 199. The van der Waals surface area contributed by atoms with Crippen LogP contribution < -0.4 is 10.6 Å². The van der Waals surface area contributed by atoms with Crippen LogP contribution in [0.3, 0.4) is 0 Å². The van der Waals surface area contributed by atoms with Crippen molar-refractivity contribution in [2.75, 3.05) is 26.3 Å². The van der Waals surface area contributed by atoms with E-state index in [-0.39, 0.29) is 32.6 Å². The van der Waals surface area contributed by atoms with E-state index in [0.717, 1.165) is 0 Å². The molecule has 7 nitrogen and oxygen atoms in total. The second kappa shape index (κ2) is 8.30. The van der Waals surface area contributed by atoms with Gasteiger partial charge in [0.1, 0.15) is 12.1 Å². The first kappa shape index (κ1) is 14.0. The van der Waals surface area contributed by atoms with Gasteiger partial charge in [-0.05, 0) is 0 Å². The van der Waals surface area contributed by atoms with Crippen LogP contribution in [0, 0.1) is 0 Å². The summed E-state index contributed by atoms with van der Waals surface area (Å²) in [5.74, 6) is -0.600. The molecule has 2 unspecified atom stereocenters. The number of hydrogen-bond donors (Lipinski definition) is 5. The maximum atomic E-state index is 11.3. The highest BCUT2D eigenvalue weighted by atomic mass is 16.3. The topological polar surface area (TPSA) is 119 Å². The van der Waals surface area contributed by atoms with Crippen molar-refractivity contribution >= 4 is 12.2 Å². The monoisotopic (exact) mass is 220 g/mol. The number of aldehydes is 1. The Morgan fingerprint density at radius 2 is 1.87 bits per heavy atom. The molecule has 0 heterocycles. The summed E-state index contributed by atoms with van der Waals surface area (Å²) >= 11 is 0. The van der Waals surface area contributed by atoms with E-state index in [9.17, 15) is 14.7 Å². The third-order valence-corrected chi connectivity index (χ3v) is 1.65. The number of aliphatic hydroxyl groups is 3. The van der Waals surface area contributed by atoms with E-state index < -0.39 is 18.1 Å². The van der Waals surface area contributed by atoms with E-state index in [2.05, 4.69) is 10.6 Å². The number of hydrogen-bond acceptors (Lipinski definition) is 6. The van der Waals surface area contributed by atoms with E-state index in [1.165, 1.54) is 0 Å². The lowest BCUT2D eigenvalue weighted by molar-refractivity contribution is -0.130. The normalized spacial score (nSPS) is 14.3. The van der Waals surface area contributed by atoms with Gasteiger partial charge in [-0.25, -0.2) is 0 Å². The van der Waals surface area contributed by atoms with Crippen molar-refractivity contribution < 1.29 is 24.9 Å². The Balaban J connectivity index is 4.20. The molecule has 0 aromatic heterocycles. The van der Waals surface area contributed by atoms with Gasteiger partial charge in [-0.1, -0.05) is 0 Å². The first-order valence-electron chi connectivity index (χ1n) is 4.53. The Morgan fingerprint density at radius 3 is 2.33 bits per heavy atom. The summed E-state index contributed by atoms with van der Waals surface area (Å²) in [5, 5.41) is 31.0. The van der Waals surface area contributed by atoms with Gasteiger partial charge in [0.25, 0.3) is 0 Å². The number of rotatable bonds is 8. The molecule has 0 saturated carbocycles. The standard InChI is InChI=1S/C8H16N2O5/c11-3-1-9-7(6(14)5-13)8(15)10-2-4-12/h5-7,9,11-12,14H,1-4H2,(H,10,15). The van der Waals surface area contributed by atoms with Crippen molar-refractivity contribution in [3.8, 4) is 0 Å². The van der Waals surface area contributed by atoms with Crippen molar-refractivity contribution in [1.29, 1.82) is 0 Å². The molecule has 0 aromatic rings. The molecule has 5 N–H and O–H groups in total. The van der Waals surface area contributed by atoms with Crippen LogP contribution in [0.1, 0.15) is 0 Å². The van der Waals surface area contributed by atoms with Crippen LogP contribution in [0.15, 0.2) is 0 Å². The molecule has 7 heteroatoms. The highest BCUT2D eigenvalue weighted by Gasteiger charge is 2.25. The Labute approximate surface area is 87.1 Å². The first-order chi connectivity index (χ1) is 7.17. The maximum Gasteiger partial charge on any atom is 0.240 e. The SMILES string of the molecule is O=CC(O)C(NCCO)C(=O)NCCO. The number of aliphatic hydroxyl groups excluding tert-OH is 3. The van der Waals surface area contributed by atoms with Gasteiger partial charge < -0.3 is 30.7 Å². The number of carbonyl (C=O) groups excluding carboxylic acids is 2. The maximum absolute atomic E-state index is 11.3. The first-order valence-corrected chi connectivity index (χ1v) is 4.53. The van der Waals surface area contributed by atoms with E-state index in [4.69, 9.17) is 10.2 Å². The summed E-state index contributed by atoms with van der Waals surface area (Å²) in [6.07, 6.45) is -1.25. The van der Waals surface area contributed by atoms with Crippen LogP contribution in [0.2, 0.25) is 0 Å². The Hall–Kier alpha value is -1.02. The fourth-order valence-electron chi connectivity index (χ4n) is 0.956. The lowest BCUT2D eigenvalue weighted by atomic mass is 10.1. The van der Waals surface area contributed by atoms with Gasteiger partial charge >= 0.3 is 0 Å². The van der Waals surface area contributed by atoms with Gasteiger partial charge in [0.05, 0.1) is 13.2 Å². The lowest BCUT2D eigenvalue weighted by Gasteiger charge is -2.19. The van der Waals surface area contributed by atoms with Crippen LogP contribution in [0.4, 0.5) is 0 Å². The van der Waals surface area contributed by atoms with E-state index >= 15 is 0 Å². The van der Waals surface area contributed by atoms with Crippen molar-refractivity contribution in [1.82, 2.24) is 10.6 Å². The van der Waals surface area contributed by atoms with Gasteiger partial charge in [0.2, 0.25) is 5.91 Å². The minimum atomic E-state index is -1.48. The van der Waals surface area contributed by atoms with E-state index in [0.29, 0.717) is 0 Å². The van der Waals surface area contributed by atoms with E-state index in [1.807, 2.05) is 0 Å². The second-order valence-corrected chi connectivity index (χ2v) is 2.80. The van der Waals surface area contributed by atoms with Gasteiger partial charge in [0, 0.05) is 13.1 Å². The van der Waals surface area contributed by atoms with Crippen molar-refractivity contribution in [3.63, 3.8) is 0 Å². The molecule has 0 rings (SSSR count). The minimum Gasteiger partial charge on any atom is -0.395 e. The largest absolute Gasteiger partial charge is 0.395 e. The van der Waals surface area contributed by atoms with Crippen molar-refractivity contribution in [2.45, 2.75) is 12.1 Å². The second-order valence-electron chi connectivity index (χ2n) is 2.80. The molecule has 0 aliphatic carbocycles. The predicted molar refractivity (Wildman–Crippen MR) is 51.0 cm³/mol. The summed E-state index contributed by atoms with van der Waals surface area (Å²) in [7, 11) is 0. The number of carbonyl (C=O) groups is 2. The van der Waals surface area contributed by atoms with Gasteiger partial charge in [-0.3, -0.25) is 4.79 Å². The third kappa shape index (κ3) is 5.43. The van der Waals surface area contributed by atoms with Crippen molar-refractivity contribution in [3.05, 3.63) is 0 Å². The van der Waals surface area contributed by atoms with Gasteiger partial charge in [-0.2, -0.15) is 0 Å². The summed E-state index contributed by atoms with van der Waals surface area (Å²) in [5.41, 5.74) is 0. The minimum absolute atomic E-state index is 0.0434. The molecule has 0 aromatic carbocycles. The predicted octanol–water partition coefficient (Wildman–Crippen LogP) is -3.39. The molecule has 0 aliphatic heterocycles. The van der Waals surface area contributed by atoms with Crippen molar-refractivity contribution in [2.24, 2.45) is 0 Å². The average Bonchev–Trinajstić information content (AvgIpc) is 2.26. The number of nitrogens with one attached hydrogen (secondary N) is 2. The van der Waals surface area contributed by atoms with E-state index in [1.54, 1.807) is 0 Å². The zero-order valence-corrected chi connectivity index (χ0v) is 8.22. The fraction of sp³-hybridized carbons (Fsp3) is 0.750. The summed E-state index contributed by atoms with van der Waals surface area (Å²) in [4.78, 5) is 21.6. The van der Waals surface area contributed by atoms with Gasteiger partial charge in [0.15, 0.2) is 6.29 Å². The molecule has 0 bridgehead atoms. The molecular formula is C8H16N2O5. The quantitative estimate of drug-likeness (QED) is 0.272. The van der Waals surface area contributed by atoms with Crippen LogP contribution in [0.25, 0.3) is 0 Å². The van der Waals surface area contributed by atoms with Crippen LogP contribution in [-0.4, -0.2) is 66.0 Å². The molecule has 88 valence electrons. The molecule has 0 saturated heterocycles.